The lowest BCUT2D eigenvalue weighted by Crippen LogP contribution is -2.55. The van der Waals surface area contributed by atoms with Crippen molar-refractivity contribution in [2.75, 3.05) is 20.1 Å². The van der Waals surface area contributed by atoms with Gasteiger partial charge in [-0.05, 0) is 14.0 Å². The molecule has 2 rings (SSSR count). The molecule has 3 nitrogen and oxygen atoms in total. The van der Waals surface area contributed by atoms with Crippen molar-refractivity contribution in [1.29, 1.82) is 0 Å². The van der Waals surface area contributed by atoms with Crippen LogP contribution in [0, 0.1) is 6.92 Å². The van der Waals surface area contributed by atoms with Gasteiger partial charge in [-0.25, -0.2) is 4.98 Å². The molecule has 0 spiro atoms. The third-order valence-corrected chi connectivity index (χ3v) is 3.21. The van der Waals surface area contributed by atoms with E-state index in [9.17, 15) is 0 Å². The summed E-state index contributed by atoms with van der Waals surface area (Å²) < 4.78 is 0. The zero-order valence-corrected chi connectivity index (χ0v) is 8.90. The van der Waals surface area contributed by atoms with Gasteiger partial charge in [0.1, 0.15) is 0 Å². The van der Waals surface area contributed by atoms with E-state index in [1.165, 1.54) is 18.0 Å². The molecular formula is C9H15N3S. The first-order chi connectivity index (χ1) is 6.24. The number of likely N-dealkylation sites (tertiary alicyclic amines) is 1. The van der Waals surface area contributed by atoms with E-state index in [0.29, 0.717) is 6.04 Å². The average Bonchev–Trinajstić information content (AvgIpc) is 2.43. The molecule has 1 aromatic heterocycles. The number of hydrogen-bond acceptors (Lipinski definition) is 4. The summed E-state index contributed by atoms with van der Waals surface area (Å²) in [5, 5.41) is 4.66. The van der Waals surface area contributed by atoms with E-state index < -0.39 is 0 Å². The number of hydrogen-bond donors (Lipinski definition) is 1. The Bertz CT molecular complexity index is 278. The van der Waals surface area contributed by atoms with Crippen LogP contribution < -0.4 is 5.32 Å². The maximum absolute atomic E-state index is 4.22. The molecule has 2 heterocycles. The first-order valence-corrected chi connectivity index (χ1v) is 5.39. The van der Waals surface area contributed by atoms with Crippen LogP contribution in [0.3, 0.4) is 0 Å². The zero-order valence-electron chi connectivity index (χ0n) is 8.08. The molecule has 1 saturated heterocycles. The lowest BCUT2D eigenvalue weighted by atomic mass is 10.1. The van der Waals surface area contributed by atoms with Gasteiger partial charge in [0.15, 0.2) is 0 Å². The first kappa shape index (κ1) is 9.12. The summed E-state index contributed by atoms with van der Waals surface area (Å²) in [6.45, 7) is 5.38. The number of nitrogens with one attached hydrogen (secondary N) is 1. The topological polar surface area (TPSA) is 28.2 Å². The summed E-state index contributed by atoms with van der Waals surface area (Å²) in [4.78, 5) is 7.88. The van der Waals surface area contributed by atoms with Crippen molar-refractivity contribution in [3.05, 3.63) is 16.1 Å². The molecule has 0 bridgehead atoms. The fourth-order valence-electron chi connectivity index (χ4n) is 1.56. The van der Waals surface area contributed by atoms with Crippen LogP contribution in [0.4, 0.5) is 0 Å². The highest BCUT2D eigenvalue weighted by Crippen LogP contribution is 2.12. The molecule has 0 atom stereocenters. The molecule has 1 fully saturated rings. The van der Waals surface area contributed by atoms with Crippen molar-refractivity contribution < 1.29 is 0 Å². The lowest BCUT2D eigenvalue weighted by molar-refractivity contribution is 0.161. The summed E-state index contributed by atoms with van der Waals surface area (Å²) in [5.74, 6) is 0. The molecule has 1 aliphatic rings. The van der Waals surface area contributed by atoms with Gasteiger partial charge >= 0.3 is 0 Å². The van der Waals surface area contributed by atoms with Crippen LogP contribution in [0.5, 0.6) is 0 Å². The molecule has 0 aliphatic carbocycles. The van der Waals surface area contributed by atoms with Crippen molar-refractivity contribution >= 4 is 11.3 Å². The highest BCUT2D eigenvalue weighted by molar-refractivity contribution is 7.11. The standard InChI is InChI=1S/C9H15N3S/c1-7-10-3-9(13-7)4-11-8-5-12(2)6-8/h3,8,11H,4-6H2,1-2H3. The molecule has 0 amide bonds. The molecule has 72 valence electrons. The minimum atomic E-state index is 0.687. The van der Waals surface area contributed by atoms with Gasteiger partial charge in [0.25, 0.3) is 0 Å². The molecule has 0 aromatic carbocycles. The number of rotatable bonds is 3. The second-order valence-electron chi connectivity index (χ2n) is 3.64. The van der Waals surface area contributed by atoms with Gasteiger partial charge in [0, 0.05) is 36.8 Å². The molecule has 1 aromatic rings. The van der Waals surface area contributed by atoms with Crippen LogP contribution >= 0.6 is 11.3 Å². The fraction of sp³-hybridized carbons (Fsp3) is 0.667. The summed E-state index contributed by atoms with van der Waals surface area (Å²) in [6, 6.07) is 0.687. The highest BCUT2D eigenvalue weighted by Gasteiger charge is 2.22. The first-order valence-electron chi connectivity index (χ1n) is 4.57. The SMILES string of the molecule is Cc1ncc(CNC2CN(C)C2)s1. The van der Waals surface area contributed by atoms with Crippen molar-refractivity contribution in [2.45, 2.75) is 19.5 Å². The number of thiazole rings is 1. The van der Waals surface area contributed by atoms with Gasteiger partial charge in [0.2, 0.25) is 0 Å². The lowest BCUT2D eigenvalue weighted by Gasteiger charge is -2.36. The van der Waals surface area contributed by atoms with Gasteiger partial charge in [0.05, 0.1) is 5.01 Å². The van der Waals surface area contributed by atoms with Crippen LogP contribution in [0.25, 0.3) is 0 Å². The van der Waals surface area contributed by atoms with E-state index in [1.807, 2.05) is 13.1 Å². The van der Waals surface area contributed by atoms with Crippen molar-refractivity contribution in [3.8, 4) is 0 Å². The fourth-order valence-corrected chi connectivity index (χ4v) is 2.31. The second kappa shape index (κ2) is 3.74. The predicted molar refractivity (Wildman–Crippen MR) is 55.0 cm³/mol. The largest absolute Gasteiger partial charge is 0.307 e. The number of aryl methyl sites for hydroxylation is 1. The van der Waals surface area contributed by atoms with Crippen LogP contribution in [0.2, 0.25) is 0 Å². The van der Waals surface area contributed by atoms with Gasteiger partial charge in [-0.15, -0.1) is 11.3 Å². The Balaban J connectivity index is 1.74. The Morgan fingerprint density at radius 1 is 1.69 bits per heavy atom. The van der Waals surface area contributed by atoms with Crippen molar-refractivity contribution in [3.63, 3.8) is 0 Å². The van der Waals surface area contributed by atoms with Gasteiger partial charge in [-0.1, -0.05) is 0 Å². The molecule has 4 heteroatoms. The average molecular weight is 197 g/mol. The Labute approximate surface area is 82.8 Å². The Hall–Kier alpha value is -0.450. The van der Waals surface area contributed by atoms with Crippen LogP contribution in [-0.4, -0.2) is 36.1 Å². The molecule has 0 radical (unpaired) electrons. The second-order valence-corrected chi connectivity index (χ2v) is 4.96. The smallest absolute Gasteiger partial charge is 0.0897 e. The monoisotopic (exact) mass is 197 g/mol. The van der Waals surface area contributed by atoms with E-state index >= 15 is 0 Å². The van der Waals surface area contributed by atoms with Crippen molar-refractivity contribution in [1.82, 2.24) is 15.2 Å². The Kier molecular flexibility index (Phi) is 2.62. The normalized spacial score (nSPS) is 18.9. The van der Waals surface area contributed by atoms with Crippen LogP contribution in [0.1, 0.15) is 9.88 Å². The maximum atomic E-state index is 4.22. The van der Waals surface area contributed by atoms with Crippen LogP contribution in [0.15, 0.2) is 6.20 Å². The van der Waals surface area contributed by atoms with Gasteiger partial charge in [-0.3, -0.25) is 0 Å². The van der Waals surface area contributed by atoms with E-state index in [-0.39, 0.29) is 0 Å². The number of nitrogens with zero attached hydrogens (tertiary/aromatic N) is 2. The highest BCUT2D eigenvalue weighted by atomic mass is 32.1. The maximum Gasteiger partial charge on any atom is 0.0897 e. The minimum Gasteiger partial charge on any atom is -0.307 e. The molecule has 1 aliphatic heterocycles. The van der Waals surface area contributed by atoms with E-state index in [1.54, 1.807) is 11.3 Å². The summed E-state index contributed by atoms with van der Waals surface area (Å²) in [6.07, 6.45) is 1.97. The number of likely N-dealkylation sites (N-methyl/N-ethyl adjacent to an activating group) is 1. The Morgan fingerprint density at radius 3 is 3.00 bits per heavy atom. The summed E-state index contributed by atoms with van der Waals surface area (Å²) in [5.41, 5.74) is 0. The van der Waals surface area contributed by atoms with E-state index in [2.05, 4.69) is 22.2 Å². The van der Waals surface area contributed by atoms with Gasteiger partial charge in [-0.2, -0.15) is 0 Å². The minimum absolute atomic E-state index is 0.687. The Morgan fingerprint density at radius 2 is 2.46 bits per heavy atom. The molecule has 13 heavy (non-hydrogen) atoms. The quantitative estimate of drug-likeness (QED) is 0.779. The number of aromatic nitrogens is 1. The molecule has 0 saturated carbocycles. The van der Waals surface area contributed by atoms with E-state index in [4.69, 9.17) is 0 Å². The van der Waals surface area contributed by atoms with Crippen LogP contribution in [-0.2, 0) is 6.54 Å². The molecule has 0 unspecified atom stereocenters. The molecular weight excluding hydrogens is 182 g/mol. The molecule has 1 N–H and O–H groups in total. The third kappa shape index (κ3) is 2.27. The third-order valence-electron chi connectivity index (χ3n) is 2.30. The van der Waals surface area contributed by atoms with Gasteiger partial charge < -0.3 is 10.2 Å². The summed E-state index contributed by atoms with van der Waals surface area (Å²) in [7, 11) is 2.15. The van der Waals surface area contributed by atoms with Crippen molar-refractivity contribution in [2.24, 2.45) is 0 Å². The van der Waals surface area contributed by atoms with E-state index in [0.717, 1.165) is 11.6 Å². The zero-order chi connectivity index (χ0) is 9.26. The summed E-state index contributed by atoms with van der Waals surface area (Å²) >= 11 is 1.78. The predicted octanol–water partition coefficient (Wildman–Crippen LogP) is 0.855.